The summed E-state index contributed by atoms with van der Waals surface area (Å²) in [5.74, 6) is -0.545. The predicted molar refractivity (Wildman–Crippen MR) is 86.2 cm³/mol. The molecule has 0 unspecified atom stereocenters. The van der Waals surface area contributed by atoms with Gasteiger partial charge >= 0.3 is 0 Å². The first-order chi connectivity index (χ1) is 9.95. The summed E-state index contributed by atoms with van der Waals surface area (Å²) < 4.78 is 24.2. The van der Waals surface area contributed by atoms with Gasteiger partial charge < -0.3 is 0 Å². The van der Waals surface area contributed by atoms with Crippen LogP contribution in [0.1, 0.15) is 57.4 Å². The highest BCUT2D eigenvalue weighted by molar-refractivity contribution is 7.92. The standard InChI is InChI=1S/C17H26O3S/c1-3-4-5-6-7-8-9-16(18)14-21(19,20)17-12-10-15(2)11-13-17/h10-13H,3-9,14H2,1-2H3. The molecule has 0 atom stereocenters. The summed E-state index contributed by atoms with van der Waals surface area (Å²) in [4.78, 5) is 12.0. The highest BCUT2D eigenvalue weighted by atomic mass is 32.2. The molecule has 118 valence electrons. The fourth-order valence-corrected chi connectivity index (χ4v) is 3.50. The van der Waals surface area contributed by atoms with Crippen molar-refractivity contribution >= 4 is 15.6 Å². The molecule has 3 nitrogen and oxygen atoms in total. The largest absolute Gasteiger partial charge is 0.299 e. The van der Waals surface area contributed by atoms with Crippen LogP contribution in [-0.4, -0.2) is 20.0 Å². The van der Waals surface area contributed by atoms with Crippen LogP contribution in [0.2, 0.25) is 0 Å². The van der Waals surface area contributed by atoms with Crippen LogP contribution in [-0.2, 0) is 14.6 Å². The Labute approximate surface area is 128 Å². The van der Waals surface area contributed by atoms with Gasteiger partial charge in [-0.05, 0) is 25.5 Å². The third-order valence-electron chi connectivity index (χ3n) is 3.54. The third-order valence-corrected chi connectivity index (χ3v) is 5.23. The van der Waals surface area contributed by atoms with Crippen molar-refractivity contribution in [1.82, 2.24) is 0 Å². The first-order valence-electron chi connectivity index (χ1n) is 7.77. The molecule has 0 saturated heterocycles. The highest BCUT2D eigenvalue weighted by Gasteiger charge is 2.18. The van der Waals surface area contributed by atoms with Gasteiger partial charge in [0.25, 0.3) is 0 Å². The van der Waals surface area contributed by atoms with Gasteiger partial charge in [-0.2, -0.15) is 0 Å². The van der Waals surface area contributed by atoms with Gasteiger partial charge in [-0.3, -0.25) is 4.79 Å². The van der Waals surface area contributed by atoms with Gasteiger partial charge in [-0.25, -0.2) is 8.42 Å². The van der Waals surface area contributed by atoms with Crippen molar-refractivity contribution in [2.24, 2.45) is 0 Å². The number of ketones is 1. The maximum absolute atomic E-state index is 12.1. The molecule has 1 aromatic rings. The Hall–Kier alpha value is -1.16. The molecule has 21 heavy (non-hydrogen) atoms. The zero-order valence-electron chi connectivity index (χ0n) is 13.1. The Kier molecular flexibility index (Phi) is 7.65. The van der Waals surface area contributed by atoms with Crippen LogP contribution >= 0.6 is 0 Å². The molecular weight excluding hydrogens is 284 g/mol. The van der Waals surface area contributed by atoms with Crippen LogP contribution in [0.5, 0.6) is 0 Å². The number of sulfone groups is 1. The lowest BCUT2D eigenvalue weighted by molar-refractivity contribution is -0.116. The molecule has 0 N–H and O–H groups in total. The highest BCUT2D eigenvalue weighted by Crippen LogP contribution is 2.14. The van der Waals surface area contributed by atoms with E-state index in [2.05, 4.69) is 6.92 Å². The lowest BCUT2D eigenvalue weighted by Gasteiger charge is -2.05. The topological polar surface area (TPSA) is 51.2 Å². The van der Waals surface area contributed by atoms with Crippen LogP contribution in [0.25, 0.3) is 0 Å². The van der Waals surface area contributed by atoms with E-state index < -0.39 is 9.84 Å². The Morgan fingerprint density at radius 2 is 1.52 bits per heavy atom. The first-order valence-corrected chi connectivity index (χ1v) is 9.42. The first kappa shape index (κ1) is 17.9. The van der Waals surface area contributed by atoms with E-state index in [1.54, 1.807) is 24.3 Å². The second-order valence-electron chi connectivity index (χ2n) is 5.63. The molecule has 0 bridgehead atoms. The molecule has 1 aromatic carbocycles. The average molecular weight is 310 g/mol. The molecule has 0 spiro atoms. The van der Waals surface area contributed by atoms with Crippen LogP contribution in [0.4, 0.5) is 0 Å². The summed E-state index contributed by atoms with van der Waals surface area (Å²) in [5.41, 5.74) is 1.01. The van der Waals surface area contributed by atoms with Crippen molar-refractivity contribution in [1.29, 1.82) is 0 Å². The van der Waals surface area contributed by atoms with Crippen molar-refractivity contribution in [3.05, 3.63) is 29.8 Å². The summed E-state index contributed by atoms with van der Waals surface area (Å²) in [7, 11) is -3.48. The van der Waals surface area contributed by atoms with Crippen molar-refractivity contribution in [3.8, 4) is 0 Å². The lowest BCUT2D eigenvalue weighted by Crippen LogP contribution is -2.16. The minimum absolute atomic E-state index is 0.175. The van der Waals surface area contributed by atoms with E-state index in [0.29, 0.717) is 6.42 Å². The number of hydrogen-bond acceptors (Lipinski definition) is 3. The van der Waals surface area contributed by atoms with Crippen LogP contribution in [0, 0.1) is 6.92 Å². The van der Waals surface area contributed by atoms with E-state index in [9.17, 15) is 13.2 Å². The molecule has 4 heteroatoms. The van der Waals surface area contributed by atoms with Gasteiger partial charge in [-0.15, -0.1) is 0 Å². The molecule has 0 radical (unpaired) electrons. The van der Waals surface area contributed by atoms with Crippen LogP contribution in [0.3, 0.4) is 0 Å². The third kappa shape index (κ3) is 6.89. The van der Waals surface area contributed by atoms with E-state index in [1.165, 1.54) is 19.3 Å². The number of benzene rings is 1. The Bertz CT molecular complexity index is 530. The van der Waals surface area contributed by atoms with Gasteiger partial charge in [0.2, 0.25) is 0 Å². The zero-order chi connectivity index (χ0) is 15.7. The number of carbonyl (C=O) groups excluding carboxylic acids is 1. The number of carbonyl (C=O) groups is 1. The summed E-state index contributed by atoms with van der Waals surface area (Å²) in [6.07, 6.45) is 6.95. The molecule has 0 aliphatic carbocycles. The van der Waals surface area contributed by atoms with Crippen LogP contribution < -0.4 is 0 Å². The summed E-state index contributed by atoms with van der Waals surface area (Å²) in [6.45, 7) is 4.07. The Morgan fingerprint density at radius 3 is 2.14 bits per heavy atom. The number of Topliss-reactive ketones (excluding diaryl/α,β-unsaturated/α-hetero) is 1. The van der Waals surface area contributed by atoms with E-state index in [-0.39, 0.29) is 16.4 Å². The molecule has 0 aliphatic heterocycles. The second-order valence-corrected chi connectivity index (χ2v) is 7.62. The normalized spacial score (nSPS) is 11.5. The van der Waals surface area contributed by atoms with Crippen molar-refractivity contribution in [2.75, 3.05) is 5.75 Å². The van der Waals surface area contributed by atoms with E-state index in [1.807, 2.05) is 6.92 Å². The Balaban J connectivity index is 2.38. The van der Waals surface area contributed by atoms with E-state index >= 15 is 0 Å². The van der Waals surface area contributed by atoms with E-state index in [0.717, 1.165) is 24.8 Å². The fraction of sp³-hybridized carbons (Fsp3) is 0.588. The summed E-state index contributed by atoms with van der Waals surface area (Å²) in [5, 5.41) is 0. The summed E-state index contributed by atoms with van der Waals surface area (Å²) >= 11 is 0. The predicted octanol–water partition coefficient (Wildman–Crippen LogP) is 4.09. The SMILES string of the molecule is CCCCCCCCC(=O)CS(=O)(=O)c1ccc(C)cc1. The molecule has 0 fully saturated rings. The second kappa shape index (κ2) is 8.98. The quantitative estimate of drug-likeness (QED) is 0.612. The molecule has 1 rings (SSSR count). The van der Waals surface area contributed by atoms with E-state index in [4.69, 9.17) is 0 Å². The van der Waals surface area contributed by atoms with Gasteiger partial charge in [0.15, 0.2) is 9.84 Å². The Morgan fingerprint density at radius 1 is 0.952 bits per heavy atom. The van der Waals surface area contributed by atoms with Gasteiger partial charge in [0, 0.05) is 6.42 Å². The lowest BCUT2D eigenvalue weighted by atomic mass is 10.1. The zero-order valence-corrected chi connectivity index (χ0v) is 13.9. The molecule has 0 heterocycles. The van der Waals surface area contributed by atoms with Gasteiger partial charge in [0.1, 0.15) is 11.5 Å². The number of aryl methyl sites for hydroxylation is 1. The maximum atomic E-state index is 12.1. The maximum Gasteiger partial charge on any atom is 0.185 e. The number of unbranched alkanes of at least 4 members (excludes halogenated alkanes) is 5. The summed E-state index contributed by atoms with van der Waals surface area (Å²) in [6, 6.07) is 6.65. The monoisotopic (exact) mass is 310 g/mol. The molecule has 0 aromatic heterocycles. The number of hydrogen-bond donors (Lipinski definition) is 0. The van der Waals surface area contributed by atoms with Crippen LogP contribution in [0.15, 0.2) is 29.2 Å². The van der Waals surface area contributed by atoms with Crippen molar-refractivity contribution in [3.63, 3.8) is 0 Å². The molecule has 0 aliphatic rings. The minimum atomic E-state index is -3.48. The molecule has 0 amide bonds. The van der Waals surface area contributed by atoms with Gasteiger partial charge in [0.05, 0.1) is 4.90 Å². The fourth-order valence-electron chi connectivity index (χ4n) is 2.22. The van der Waals surface area contributed by atoms with Gasteiger partial charge in [-0.1, -0.05) is 56.7 Å². The van der Waals surface area contributed by atoms with Crippen molar-refractivity contribution in [2.45, 2.75) is 63.7 Å². The smallest absolute Gasteiger partial charge is 0.185 e. The van der Waals surface area contributed by atoms with Crippen molar-refractivity contribution < 1.29 is 13.2 Å². The minimum Gasteiger partial charge on any atom is -0.299 e. The molecular formula is C17H26O3S. The molecule has 0 saturated carbocycles. The number of rotatable bonds is 10. The average Bonchev–Trinajstić information content (AvgIpc) is 2.42.